The number of hydrogen-bond acceptors (Lipinski definition) is 3. The minimum atomic E-state index is 0.453. The van der Waals surface area contributed by atoms with E-state index in [1.54, 1.807) is 5.69 Å². The standard InChI is InChI=1S/C34H27N5/c1-2-7-21(8-3-1)33-36-37-34(38(33)23-15-17-35-18-16-23)26-13-14-31(29-20-28(26)29)39-30-12-5-4-10-24(30)25-11-6-9-22-19-27(22)32(25)39/h1-10,12-18,22,27-29H,11,19-20H2. The molecule has 5 aromatic rings. The van der Waals surface area contributed by atoms with Crippen molar-refractivity contribution in [2.45, 2.75) is 25.2 Å². The van der Waals surface area contributed by atoms with Gasteiger partial charge < -0.3 is 4.57 Å². The van der Waals surface area contributed by atoms with Crippen molar-refractivity contribution in [1.29, 1.82) is 0 Å². The van der Waals surface area contributed by atoms with Gasteiger partial charge in [0.25, 0.3) is 0 Å². The molecule has 2 saturated carbocycles. The van der Waals surface area contributed by atoms with E-state index in [9.17, 15) is 0 Å². The quantitative estimate of drug-likeness (QED) is 0.245. The van der Waals surface area contributed by atoms with Gasteiger partial charge in [0.15, 0.2) is 11.6 Å². The van der Waals surface area contributed by atoms with Crippen molar-refractivity contribution >= 4 is 22.2 Å². The molecule has 0 saturated heterocycles. The summed E-state index contributed by atoms with van der Waals surface area (Å²) in [6.45, 7) is 0. The largest absolute Gasteiger partial charge is 0.316 e. The number of fused-ring (bicyclic) bond motifs is 6. The number of benzene rings is 2. The van der Waals surface area contributed by atoms with Gasteiger partial charge in [-0.1, -0.05) is 66.8 Å². The fraction of sp³-hybridized carbons (Fsp3) is 0.206. The van der Waals surface area contributed by atoms with E-state index < -0.39 is 0 Å². The van der Waals surface area contributed by atoms with Gasteiger partial charge in [-0.25, -0.2) is 0 Å². The van der Waals surface area contributed by atoms with Crippen LogP contribution in [0.2, 0.25) is 0 Å². The maximum absolute atomic E-state index is 4.79. The summed E-state index contributed by atoms with van der Waals surface area (Å²) >= 11 is 0. The fourth-order valence-electron chi connectivity index (χ4n) is 7.06. The first-order chi connectivity index (χ1) is 19.4. The lowest BCUT2D eigenvalue weighted by Gasteiger charge is -2.20. The highest BCUT2D eigenvalue weighted by atomic mass is 15.3. The van der Waals surface area contributed by atoms with Crippen LogP contribution in [-0.4, -0.2) is 24.3 Å². The average Bonchev–Trinajstić information content (AvgIpc) is 3.89. The maximum Gasteiger partial charge on any atom is 0.168 e. The van der Waals surface area contributed by atoms with Crippen LogP contribution in [-0.2, 0) is 6.42 Å². The Hall–Kier alpha value is -4.51. The van der Waals surface area contributed by atoms with E-state index in [1.807, 2.05) is 30.6 Å². The van der Waals surface area contributed by atoms with Crippen molar-refractivity contribution in [3.05, 3.63) is 121 Å². The Morgan fingerprint density at radius 2 is 1.54 bits per heavy atom. The van der Waals surface area contributed by atoms with E-state index in [4.69, 9.17) is 10.2 Å². The minimum absolute atomic E-state index is 0.453. The van der Waals surface area contributed by atoms with E-state index in [-0.39, 0.29) is 0 Å². The highest BCUT2D eigenvalue weighted by molar-refractivity contribution is 5.91. The van der Waals surface area contributed by atoms with E-state index >= 15 is 0 Å². The van der Waals surface area contributed by atoms with Gasteiger partial charge >= 0.3 is 0 Å². The van der Waals surface area contributed by atoms with Crippen molar-refractivity contribution < 1.29 is 0 Å². The van der Waals surface area contributed by atoms with Gasteiger partial charge in [-0.3, -0.25) is 9.55 Å². The van der Waals surface area contributed by atoms with Crippen LogP contribution in [0.1, 0.15) is 35.8 Å². The highest BCUT2D eigenvalue weighted by Crippen LogP contribution is 2.59. The second kappa shape index (κ2) is 8.00. The summed E-state index contributed by atoms with van der Waals surface area (Å²) in [7, 11) is 0. The van der Waals surface area contributed by atoms with Crippen LogP contribution < -0.4 is 0 Å². The first-order valence-corrected chi connectivity index (χ1v) is 14.0. The molecule has 0 N–H and O–H groups in total. The molecule has 3 aromatic heterocycles. The van der Waals surface area contributed by atoms with Crippen molar-refractivity contribution in [2.24, 2.45) is 17.8 Å². The van der Waals surface area contributed by atoms with Gasteiger partial charge in [-0.05, 0) is 60.9 Å². The molecule has 4 unspecified atom stereocenters. The summed E-state index contributed by atoms with van der Waals surface area (Å²) in [6, 6.07) is 23.4. The molecule has 188 valence electrons. The second-order valence-electron chi connectivity index (χ2n) is 11.3. The third-order valence-electron chi connectivity index (χ3n) is 9.05. The molecule has 0 bridgehead atoms. The van der Waals surface area contributed by atoms with Crippen LogP contribution >= 0.6 is 0 Å². The predicted octanol–water partition coefficient (Wildman–Crippen LogP) is 7.07. The third kappa shape index (κ3) is 3.16. The van der Waals surface area contributed by atoms with Crippen LogP contribution in [0.5, 0.6) is 0 Å². The van der Waals surface area contributed by atoms with Crippen LogP contribution in [0.25, 0.3) is 39.2 Å². The Bertz CT molecular complexity index is 1850. The van der Waals surface area contributed by atoms with E-state index in [0.717, 1.165) is 35.7 Å². The topological polar surface area (TPSA) is 48.5 Å². The minimum Gasteiger partial charge on any atom is -0.316 e. The molecule has 0 radical (unpaired) electrons. The lowest BCUT2D eigenvalue weighted by molar-refractivity contribution is 0.850. The molecule has 3 heterocycles. The zero-order valence-electron chi connectivity index (χ0n) is 21.5. The van der Waals surface area contributed by atoms with Gasteiger partial charge in [-0.2, -0.15) is 0 Å². The first-order valence-electron chi connectivity index (χ1n) is 14.0. The van der Waals surface area contributed by atoms with Crippen LogP contribution in [0.4, 0.5) is 0 Å². The Morgan fingerprint density at radius 3 is 2.44 bits per heavy atom. The molecule has 9 rings (SSSR count). The first kappa shape index (κ1) is 21.4. The smallest absolute Gasteiger partial charge is 0.168 e. The zero-order chi connectivity index (χ0) is 25.5. The Kier molecular flexibility index (Phi) is 4.39. The molecular formula is C34H27N5. The zero-order valence-corrected chi connectivity index (χ0v) is 21.5. The van der Waals surface area contributed by atoms with Gasteiger partial charge in [0.1, 0.15) is 0 Å². The van der Waals surface area contributed by atoms with E-state index in [1.165, 1.54) is 34.2 Å². The Balaban J connectivity index is 1.21. The van der Waals surface area contributed by atoms with Gasteiger partial charge in [-0.15, -0.1) is 10.2 Å². The Morgan fingerprint density at radius 1 is 0.718 bits per heavy atom. The lowest BCUT2D eigenvalue weighted by Crippen LogP contribution is -2.10. The number of hydrogen-bond donors (Lipinski definition) is 0. The van der Waals surface area contributed by atoms with Gasteiger partial charge in [0.05, 0.1) is 11.2 Å². The summed E-state index contributed by atoms with van der Waals surface area (Å²) in [4.78, 5) is 4.25. The molecule has 4 atom stereocenters. The van der Waals surface area contributed by atoms with Gasteiger partial charge in [0.2, 0.25) is 0 Å². The molecular weight excluding hydrogens is 478 g/mol. The maximum atomic E-state index is 4.79. The van der Waals surface area contributed by atoms with Crippen LogP contribution in [0, 0.1) is 17.8 Å². The SMILES string of the molecule is C1=CC2CC2c2c(c3ccccc3n2C2=CC=C(c3nnc(-c4ccccc4)n3-c3ccncc3)C3CC23)C1. The summed E-state index contributed by atoms with van der Waals surface area (Å²) in [5, 5.41) is 10.9. The molecule has 39 heavy (non-hydrogen) atoms. The number of pyridine rings is 1. The van der Waals surface area contributed by atoms with Crippen molar-refractivity contribution in [2.75, 3.05) is 0 Å². The predicted molar refractivity (Wildman–Crippen MR) is 154 cm³/mol. The van der Waals surface area contributed by atoms with E-state index in [2.05, 4.69) is 87.0 Å². The number of aromatic nitrogens is 5. The summed E-state index contributed by atoms with van der Waals surface area (Å²) in [6.07, 6.45) is 16.7. The molecule has 2 aromatic carbocycles. The van der Waals surface area contributed by atoms with Crippen molar-refractivity contribution in [3.63, 3.8) is 0 Å². The number of para-hydroxylation sites is 1. The third-order valence-corrected chi connectivity index (χ3v) is 9.05. The van der Waals surface area contributed by atoms with E-state index in [0.29, 0.717) is 23.7 Å². The summed E-state index contributed by atoms with van der Waals surface area (Å²) in [5.74, 6) is 4.10. The molecule has 2 fully saturated rings. The van der Waals surface area contributed by atoms with Crippen molar-refractivity contribution in [1.82, 2.24) is 24.3 Å². The number of allylic oxidation sites excluding steroid dienone is 6. The summed E-state index contributed by atoms with van der Waals surface area (Å²) in [5.41, 5.74) is 9.28. The molecule has 0 amide bonds. The lowest BCUT2D eigenvalue weighted by atomic mass is 10.0. The molecule has 5 nitrogen and oxygen atoms in total. The van der Waals surface area contributed by atoms with Crippen LogP contribution in [0.3, 0.4) is 0 Å². The van der Waals surface area contributed by atoms with Crippen LogP contribution in [0.15, 0.2) is 103 Å². The average molecular weight is 506 g/mol. The molecule has 0 spiro atoms. The number of rotatable bonds is 4. The second-order valence-corrected chi connectivity index (χ2v) is 11.3. The summed E-state index contributed by atoms with van der Waals surface area (Å²) < 4.78 is 4.85. The Labute approximate surface area is 226 Å². The van der Waals surface area contributed by atoms with Crippen molar-refractivity contribution in [3.8, 4) is 17.1 Å². The number of nitrogens with zero attached hydrogens (tertiary/aromatic N) is 5. The molecule has 4 aliphatic rings. The fourth-order valence-corrected chi connectivity index (χ4v) is 7.06. The normalized spacial score (nSPS) is 24.3. The molecule has 5 heteroatoms. The molecule has 0 aliphatic heterocycles. The van der Waals surface area contributed by atoms with Gasteiger partial charge in [0, 0.05) is 52.1 Å². The monoisotopic (exact) mass is 505 g/mol. The highest BCUT2D eigenvalue weighted by Gasteiger charge is 2.49. The molecule has 4 aliphatic carbocycles.